The number of carbonyl (C=O) groups excluding carboxylic acids is 2. The minimum Gasteiger partial charge on any atom is -0.466 e. The van der Waals surface area contributed by atoms with Gasteiger partial charge in [-0.2, -0.15) is 0 Å². The number of esters is 1. The van der Waals surface area contributed by atoms with Gasteiger partial charge in [0.2, 0.25) is 5.78 Å². The number of anilines is 1. The van der Waals surface area contributed by atoms with Crippen molar-refractivity contribution in [2.24, 2.45) is 11.8 Å². The van der Waals surface area contributed by atoms with E-state index in [0.29, 0.717) is 31.6 Å². The summed E-state index contributed by atoms with van der Waals surface area (Å²) in [5, 5.41) is 10.5. The Bertz CT molecular complexity index is 630. The molecular formula is C16H18BrFN2O3. The number of hydrogen-bond acceptors (Lipinski definition) is 4. The average molecular weight is 385 g/mol. The van der Waals surface area contributed by atoms with Crippen LogP contribution in [0.1, 0.15) is 26.2 Å². The third-order valence-electron chi connectivity index (χ3n) is 3.80. The van der Waals surface area contributed by atoms with Gasteiger partial charge in [0, 0.05) is 18.0 Å². The van der Waals surface area contributed by atoms with Crippen LogP contribution in [0.2, 0.25) is 0 Å². The van der Waals surface area contributed by atoms with Crippen LogP contribution >= 0.6 is 15.9 Å². The molecule has 1 aromatic carbocycles. The van der Waals surface area contributed by atoms with Crippen molar-refractivity contribution in [1.82, 2.24) is 0 Å². The van der Waals surface area contributed by atoms with Crippen molar-refractivity contribution >= 4 is 39.2 Å². The van der Waals surface area contributed by atoms with Gasteiger partial charge in [0.25, 0.3) is 0 Å². The number of nitrogens with one attached hydrogen (secondary N) is 2. The zero-order valence-corrected chi connectivity index (χ0v) is 14.3. The first-order valence-corrected chi connectivity index (χ1v) is 8.20. The molecule has 23 heavy (non-hydrogen) atoms. The maximum absolute atomic E-state index is 13.2. The van der Waals surface area contributed by atoms with E-state index in [9.17, 15) is 14.0 Å². The number of ketones is 1. The summed E-state index contributed by atoms with van der Waals surface area (Å²) < 4.78 is 18.3. The molecule has 0 aliphatic heterocycles. The lowest BCUT2D eigenvalue weighted by Crippen LogP contribution is -2.38. The molecule has 2 rings (SSSR count). The Morgan fingerprint density at radius 3 is 2.74 bits per heavy atom. The molecule has 0 unspecified atom stereocenters. The van der Waals surface area contributed by atoms with Gasteiger partial charge in [0.15, 0.2) is 5.84 Å². The highest BCUT2D eigenvalue weighted by Gasteiger charge is 2.37. The van der Waals surface area contributed by atoms with Crippen molar-refractivity contribution in [2.75, 3.05) is 11.9 Å². The van der Waals surface area contributed by atoms with Gasteiger partial charge in [0.1, 0.15) is 5.82 Å². The van der Waals surface area contributed by atoms with E-state index >= 15 is 0 Å². The molecule has 5 nitrogen and oxygen atoms in total. The monoisotopic (exact) mass is 384 g/mol. The van der Waals surface area contributed by atoms with E-state index in [0.717, 1.165) is 0 Å². The number of benzene rings is 1. The number of ether oxygens (including phenoxy) is 1. The lowest BCUT2D eigenvalue weighted by Gasteiger charge is -2.33. The van der Waals surface area contributed by atoms with Crippen molar-refractivity contribution in [3.8, 4) is 0 Å². The van der Waals surface area contributed by atoms with Crippen LogP contribution < -0.4 is 5.32 Å². The second-order valence-electron chi connectivity index (χ2n) is 5.54. The molecule has 1 aliphatic carbocycles. The Morgan fingerprint density at radius 2 is 2.13 bits per heavy atom. The topological polar surface area (TPSA) is 79.2 Å². The van der Waals surface area contributed by atoms with Gasteiger partial charge in [-0.3, -0.25) is 15.0 Å². The molecule has 124 valence electrons. The summed E-state index contributed by atoms with van der Waals surface area (Å²) in [6.07, 6.45) is 1.51. The van der Waals surface area contributed by atoms with E-state index < -0.39 is 5.82 Å². The lowest BCUT2D eigenvalue weighted by atomic mass is 9.71. The minimum atomic E-state index is -0.408. The van der Waals surface area contributed by atoms with E-state index in [4.69, 9.17) is 10.1 Å². The SMILES string of the molecule is CCOC(=O)CC1CC(C(=O)C(=N)Nc2ccc(F)c(Br)c2)C1. The van der Waals surface area contributed by atoms with Gasteiger partial charge in [-0.25, -0.2) is 4.39 Å². The normalized spacial score (nSPS) is 19.6. The van der Waals surface area contributed by atoms with E-state index in [-0.39, 0.29) is 33.9 Å². The summed E-state index contributed by atoms with van der Waals surface area (Å²) in [4.78, 5) is 23.5. The first-order valence-electron chi connectivity index (χ1n) is 7.41. The fourth-order valence-corrected chi connectivity index (χ4v) is 2.93. The first kappa shape index (κ1) is 17.6. The highest BCUT2D eigenvalue weighted by Crippen LogP contribution is 2.37. The predicted octanol–water partition coefficient (Wildman–Crippen LogP) is 3.53. The van der Waals surface area contributed by atoms with Crippen molar-refractivity contribution in [3.05, 3.63) is 28.5 Å². The van der Waals surface area contributed by atoms with E-state index in [1.165, 1.54) is 18.2 Å². The van der Waals surface area contributed by atoms with Crippen LogP contribution in [0.25, 0.3) is 0 Å². The van der Waals surface area contributed by atoms with Crippen molar-refractivity contribution < 1.29 is 18.7 Å². The van der Waals surface area contributed by atoms with Gasteiger partial charge < -0.3 is 10.1 Å². The molecule has 1 saturated carbocycles. The molecule has 2 N–H and O–H groups in total. The van der Waals surface area contributed by atoms with Gasteiger partial charge in [0.05, 0.1) is 11.1 Å². The minimum absolute atomic E-state index is 0.149. The zero-order chi connectivity index (χ0) is 17.0. The van der Waals surface area contributed by atoms with Crippen LogP contribution in [0.4, 0.5) is 10.1 Å². The largest absolute Gasteiger partial charge is 0.466 e. The average Bonchev–Trinajstić information content (AvgIpc) is 2.46. The molecule has 0 spiro atoms. The number of amidine groups is 1. The summed E-state index contributed by atoms with van der Waals surface area (Å²) in [6.45, 7) is 2.11. The van der Waals surface area contributed by atoms with Gasteiger partial charge in [-0.1, -0.05) is 0 Å². The van der Waals surface area contributed by atoms with Crippen LogP contribution in [-0.4, -0.2) is 24.2 Å². The summed E-state index contributed by atoms with van der Waals surface area (Å²) in [7, 11) is 0. The fraction of sp³-hybridized carbons (Fsp3) is 0.438. The van der Waals surface area contributed by atoms with Crippen molar-refractivity contribution in [2.45, 2.75) is 26.2 Å². The number of Topliss-reactive ketones (excluding diaryl/α,β-unsaturated/α-hetero) is 1. The van der Waals surface area contributed by atoms with Crippen LogP contribution in [-0.2, 0) is 14.3 Å². The highest BCUT2D eigenvalue weighted by atomic mass is 79.9. The van der Waals surface area contributed by atoms with Crippen LogP contribution in [0.15, 0.2) is 22.7 Å². The molecule has 0 aromatic heterocycles. The number of hydrogen-bond donors (Lipinski definition) is 2. The Morgan fingerprint density at radius 1 is 1.43 bits per heavy atom. The summed E-state index contributed by atoms with van der Waals surface area (Å²) in [5.74, 6) is -1.25. The van der Waals surface area contributed by atoms with Crippen LogP contribution in [0.3, 0.4) is 0 Å². The maximum Gasteiger partial charge on any atom is 0.306 e. The highest BCUT2D eigenvalue weighted by molar-refractivity contribution is 9.10. The van der Waals surface area contributed by atoms with Crippen LogP contribution in [0, 0.1) is 23.1 Å². The van der Waals surface area contributed by atoms with Gasteiger partial charge in [-0.05, 0) is 59.8 Å². The molecule has 1 aliphatic rings. The predicted molar refractivity (Wildman–Crippen MR) is 87.9 cm³/mol. The first-order chi connectivity index (χ1) is 10.9. The Balaban J connectivity index is 1.81. The number of halogens is 2. The maximum atomic E-state index is 13.2. The van der Waals surface area contributed by atoms with Gasteiger partial charge >= 0.3 is 5.97 Å². The molecule has 0 heterocycles. The van der Waals surface area contributed by atoms with E-state index in [1.807, 2.05) is 0 Å². The van der Waals surface area contributed by atoms with Crippen LogP contribution in [0.5, 0.6) is 0 Å². The standard InChI is InChI=1S/C16H18BrFN2O3/c1-2-23-14(21)7-9-5-10(6-9)15(22)16(19)20-11-3-4-13(18)12(17)8-11/h3-4,8-10H,2,5-7H2,1H3,(H2,19,20). The Hall–Kier alpha value is -1.76. The number of carbonyl (C=O) groups is 2. The molecule has 1 fully saturated rings. The van der Waals surface area contributed by atoms with Gasteiger partial charge in [-0.15, -0.1) is 0 Å². The quantitative estimate of drug-likeness (QED) is 0.446. The Labute approximate surface area is 142 Å². The fourth-order valence-electron chi connectivity index (χ4n) is 2.56. The molecule has 0 amide bonds. The summed E-state index contributed by atoms with van der Waals surface area (Å²) >= 11 is 3.06. The van der Waals surface area contributed by atoms with E-state index in [1.54, 1.807) is 6.92 Å². The second kappa shape index (κ2) is 7.68. The lowest BCUT2D eigenvalue weighted by molar-refractivity contribution is -0.146. The van der Waals surface area contributed by atoms with Crippen molar-refractivity contribution in [3.63, 3.8) is 0 Å². The molecule has 7 heteroatoms. The smallest absolute Gasteiger partial charge is 0.306 e. The summed E-state index contributed by atoms with van der Waals surface area (Å²) in [6, 6.07) is 4.19. The second-order valence-corrected chi connectivity index (χ2v) is 6.39. The van der Waals surface area contributed by atoms with Crippen molar-refractivity contribution in [1.29, 1.82) is 5.41 Å². The summed E-state index contributed by atoms with van der Waals surface area (Å²) in [5.41, 5.74) is 0.471. The van der Waals surface area contributed by atoms with E-state index in [2.05, 4.69) is 21.2 Å². The Kier molecular flexibility index (Phi) is 5.87. The molecule has 1 aromatic rings. The third-order valence-corrected chi connectivity index (χ3v) is 4.41. The molecule has 0 saturated heterocycles. The molecule has 0 radical (unpaired) electrons. The molecule has 0 atom stereocenters. The third kappa shape index (κ3) is 4.60. The molecular weight excluding hydrogens is 367 g/mol. The zero-order valence-electron chi connectivity index (χ0n) is 12.7. The number of rotatable bonds is 6. The molecule has 0 bridgehead atoms.